The van der Waals surface area contributed by atoms with E-state index in [1.807, 2.05) is 4.57 Å². The molecule has 0 unspecified atom stereocenters. The van der Waals surface area contributed by atoms with E-state index in [0.29, 0.717) is 44.4 Å². The van der Waals surface area contributed by atoms with Gasteiger partial charge in [-0.3, -0.25) is 4.98 Å². The van der Waals surface area contributed by atoms with Crippen molar-refractivity contribution >= 4 is 10.2 Å². The van der Waals surface area contributed by atoms with Crippen molar-refractivity contribution in [3.63, 3.8) is 0 Å². The Morgan fingerprint density at radius 2 is 2.00 bits per heavy atom. The predicted molar refractivity (Wildman–Crippen MR) is 82.6 cm³/mol. The van der Waals surface area contributed by atoms with Gasteiger partial charge in [-0.15, -0.1) is 0 Å². The van der Waals surface area contributed by atoms with Gasteiger partial charge in [0.05, 0.1) is 19.4 Å². The second-order valence-electron chi connectivity index (χ2n) is 4.95. The topological polar surface area (TPSA) is 102 Å². The first kappa shape index (κ1) is 16.0. The quantitative estimate of drug-likeness (QED) is 0.762. The van der Waals surface area contributed by atoms with Crippen LogP contribution in [0.5, 0.6) is 0 Å². The zero-order chi connectivity index (χ0) is 16.1. The van der Waals surface area contributed by atoms with E-state index in [4.69, 9.17) is 4.74 Å². The smallest absolute Gasteiger partial charge is 0.279 e. The zero-order valence-corrected chi connectivity index (χ0v) is 13.3. The molecule has 2 aromatic heterocycles. The number of hydrogen-bond acceptors (Lipinski definition) is 6. The molecule has 0 radical (unpaired) electrons. The Morgan fingerprint density at radius 1 is 1.17 bits per heavy atom. The summed E-state index contributed by atoms with van der Waals surface area (Å²) < 4.78 is 35.4. The van der Waals surface area contributed by atoms with Crippen LogP contribution >= 0.6 is 0 Å². The Hall–Kier alpha value is -1.88. The molecule has 1 fully saturated rings. The van der Waals surface area contributed by atoms with Crippen molar-refractivity contribution < 1.29 is 13.2 Å². The van der Waals surface area contributed by atoms with E-state index >= 15 is 0 Å². The molecule has 0 spiro atoms. The molecule has 0 amide bonds. The first-order valence-corrected chi connectivity index (χ1v) is 8.71. The molecule has 23 heavy (non-hydrogen) atoms. The van der Waals surface area contributed by atoms with Crippen molar-refractivity contribution in [2.24, 2.45) is 0 Å². The minimum atomic E-state index is -3.47. The van der Waals surface area contributed by atoms with Gasteiger partial charge in [0.1, 0.15) is 5.69 Å². The van der Waals surface area contributed by atoms with E-state index in [1.54, 1.807) is 31.0 Å². The van der Waals surface area contributed by atoms with Gasteiger partial charge in [0, 0.05) is 51.0 Å². The van der Waals surface area contributed by atoms with Gasteiger partial charge >= 0.3 is 0 Å². The number of aromatic nitrogens is 4. The highest BCUT2D eigenvalue weighted by Crippen LogP contribution is 2.12. The number of nitrogens with one attached hydrogen (secondary N) is 1. The molecule has 0 saturated carbocycles. The van der Waals surface area contributed by atoms with Gasteiger partial charge < -0.3 is 9.30 Å². The molecule has 3 heterocycles. The molecule has 3 rings (SSSR count). The summed E-state index contributed by atoms with van der Waals surface area (Å²) in [4.78, 5) is 12.5. The monoisotopic (exact) mass is 338 g/mol. The first-order chi connectivity index (χ1) is 11.2. The first-order valence-electron chi connectivity index (χ1n) is 7.27. The number of nitrogens with zero attached hydrogens (tertiary/aromatic N) is 5. The molecule has 0 aromatic carbocycles. The van der Waals surface area contributed by atoms with Crippen LogP contribution in [0.15, 0.2) is 31.0 Å². The summed E-state index contributed by atoms with van der Waals surface area (Å²) >= 11 is 0. The molecule has 0 atom stereocenters. The lowest BCUT2D eigenvalue weighted by Crippen LogP contribution is -2.47. The van der Waals surface area contributed by atoms with Crippen molar-refractivity contribution in [2.75, 3.05) is 32.8 Å². The highest BCUT2D eigenvalue weighted by atomic mass is 32.2. The predicted octanol–water partition coefficient (Wildman–Crippen LogP) is -0.493. The van der Waals surface area contributed by atoms with Gasteiger partial charge in [0.15, 0.2) is 5.82 Å². The summed E-state index contributed by atoms with van der Waals surface area (Å²) in [5.41, 5.74) is 0.647. The van der Waals surface area contributed by atoms with Crippen LogP contribution in [0.2, 0.25) is 0 Å². The van der Waals surface area contributed by atoms with Crippen LogP contribution in [0.1, 0.15) is 0 Å². The Labute approximate surface area is 134 Å². The van der Waals surface area contributed by atoms with Crippen LogP contribution in [0, 0.1) is 0 Å². The summed E-state index contributed by atoms with van der Waals surface area (Å²) in [7, 11) is -3.47. The normalized spacial score (nSPS) is 16.5. The zero-order valence-electron chi connectivity index (χ0n) is 12.5. The van der Waals surface area contributed by atoms with Crippen molar-refractivity contribution in [3.05, 3.63) is 31.0 Å². The third kappa shape index (κ3) is 3.91. The Kier molecular flexibility index (Phi) is 4.96. The molecule has 1 N–H and O–H groups in total. The lowest BCUT2D eigenvalue weighted by atomic mass is 10.4. The SMILES string of the molecule is O=S(=O)(NCCn1ccnc1-c1cnccn1)N1CCOCC1. The van der Waals surface area contributed by atoms with Crippen LogP contribution < -0.4 is 4.72 Å². The Morgan fingerprint density at radius 3 is 2.74 bits per heavy atom. The Balaban J connectivity index is 1.60. The largest absolute Gasteiger partial charge is 0.379 e. The second-order valence-corrected chi connectivity index (χ2v) is 6.70. The molecule has 10 heteroatoms. The lowest BCUT2D eigenvalue weighted by Gasteiger charge is -2.26. The molecule has 9 nitrogen and oxygen atoms in total. The second kappa shape index (κ2) is 7.13. The van der Waals surface area contributed by atoms with Gasteiger partial charge in [-0.05, 0) is 0 Å². The van der Waals surface area contributed by atoms with E-state index < -0.39 is 10.2 Å². The van der Waals surface area contributed by atoms with E-state index in [-0.39, 0.29) is 6.54 Å². The van der Waals surface area contributed by atoms with E-state index in [2.05, 4.69) is 19.7 Å². The number of ether oxygens (including phenoxy) is 1. The van der Waals surface area contributed by atoms with Gasteiger partial charge in [0.25, 0.3) is 10.2 Å². The van der Waals surface area contributed by atoms with Gasteiger partial charge in [-0.1, -0.05) is 0 Å². The van der Waals surface area contributed by atoms with Crippen LogP contribution in [0.4, 0.5) is 0 Å². The maximum atomic E-state index is 12.2. The van der Waals surface area contributed by atoms with Crippen LogP contribution in [-0.4, -0.2) is 65.1 Å². The maximum absolute atomic E-state index is 12.2. The van der Waals surface area contributed by atoms with Crippen molar-refractivity contribution in [2.45, 2.75) is 6.54 Å². The summed E-state index contributed by atoms with van der Waals surface area (Å²) in [6.07, 6.45) is 8.24. The van der Waals surface area contributed by atoms with Crippen LogP contribution in [0.3, 0.4) is 0 Å². The summed E-state index contributed by atoms with van der Waals surface area (Å²) in [6, 6.07) is 0. The van der Waals surface area contributed by atoms with E-state index in [9.17, 15) is 8.42 Å². The number of hydrogen-bond donors (Lipinski definition) is 1. The minimum Gasteiger partial charge on any atom is -0.379 e. The molecule has 2 aromatic rings. The van der Waals surface area contributed by atoms with Gasteiger partial charge in [-0.2, -0.15) is 12.7 Å². The third-order valence-electron chi connectivity index (χ3n) is 3.45. The molecule has 1 aliphatic heterocycles. The van der Waals surface area contributed by atoms with E-state index in [1.165, 1.54) is 4.31 Å². The summed E-state index contributed by atoms with van der Waals surface area (Å²) in [5.74, 6) is 0.656. The van der Waals surface area contributed by atoms with Crippen molar-refractivity contribution in [1.82, 2.24) is 28.5 Å². The number of imidazole rings is 1. The average molecular weight is 338 g/mol. The fourth-order valence-corrected chi connectivity index (χ4v) is 3.47. The molecule has 1 aliphatic rings. The standard InChI is InChI=1S/C13H18N6O3S/c20-23(21,19-7-9-22-10-8-19)17-4-6-18-5-3-16-13(18)12-11-14-1-2-15-12/h1-3,5,11,17H,4,6-10H2. The maximum Gasteiger partial charge on any atom is 0.279 e. The Bertz CT molecular complexity index is 727. The lowest BCUT2D eigenvalue weighted by molar-refractivity contribution is 0.0725. The highest BCUT2D eigenvalue weighted by molar-refractivity contribution is 7.87. The molecule has 0 aliphatic carbocycles. The molecule has 1 saturated heterocycles. The highest BCUT2D eigenvalue weighted by Gasteiger charge is 2.23. The fourth-order valence-electron chi connectivity index (χ4n) is 2.31. The summed E-state index contributed by atoms with van der Waals surface area (Å²) in [6.45, 7) is 2.34. The van der Waals surface area contributed by atoms with Gasteiger partial charge in [0.2, 0.25) is 0 Å². The molecule has 0 bridgehead atoms. The molecule has 124 valence electrons. The minimum absolute atomic E-state index is 0.267. The van der Waals surface area contributed by atoms with Crippen LogP contribution in [-0.2, 0) is 21.5 Å². The number of morpholine rings is 1. The fraction of sp³-hybridized carbons (Fsp3) is 0.462. The van der Waals surface area contributed by atoms with Crippen molar-refractivity contribution in [3.8, 4) is 11.5 Å². The molecular formula is C13H18N6O3S. The van der Waals surface area contributed by atoms with Gasteiger partial charge in [-0.25, -0.2) is 14.7 Å². The number of rotatable bonds is 6. The van der Waals surface area contributed by atoms with E-state index in [0.717, 1.165) is 0 Å². The van der Waals surface area contributed by atoms with Crippen molar-refractivity contribution in [1.29, 1.82) is 0 Å². The molecular weight excluding hydrogens is 320 g/mol. The third-order valence-corrected chi connectivity index (χ3v) is 5.07. The van der Waals surface area contributed by atoms with Crippen LogP contribution in [0.25, 0.3) is 11.5 Å². The average Bonchev–Trinajstić information content (AvgIpc) is 3.05. The summed E-state index contributed by atoms with van der Waals surface area (Å²) in [5, 5.41) is 0.